The van der Waals surface area contributed by atoms with Crippen molar-refractivity contribution in [3.05, 3.63) is 20.7 Å². The predicted molar refractivity (Wildman–Crippen MR) is 80.6 cm³/mol. The number of carbonyl (C=O) groups is 1. The number of ether oxygens (including phenoxy) is 1. The Bertz CT molecular complexity index is 531. The summed E-state index contributed by atoms with van der Waals surface area (Å²) in [5, 5.41) is 14.3. The Balaban J connectivity index is 1.80. The van der Waals surface area contributed by atoms with Gasteiger partial charge >= 0.3 is 4.87 Å². The number of nitrogens with one attached hydrogen (secondary N) is 1. The molecule has 1 aliphatic rings. The van der Waals surface area contributed by atoms with E-state index in [-0.39, 0.29) is 17.4 Å². The molecule has 1 aliphatic heterocycles. The molecule has 0 unspecified atom stereocenters. The summed E-state index contributed by atoms with van der Waals surface area (Å²) in [6.45, 7) is 3.50. The standard InChI is InChI=1S/C14H22N2O4S/c1-11-9-21-13(19)16(11)6-2-3-12(18)15-14(10-17)4-7-20-8-5-14/h9,17H,2-8,10H2,1H3,(H,15,18). The van der Waals surface area contributed by atoms with Gasteiger partial charge in [-0.3, -0.25) is 9.59 Å². The summed E-state index contributed by atoms with van der Waals surface area (Å²) in [5.74, 6) is -0.0770. The molecule has 6 nitrogen and oxygen atoms in total. The molecule has 0 saturated carbocycles. The van der Waals surface area contributed by atoms with E-state index < -0.39 is 5.54 Å². The van der Waals surface area contributed by atoms with E-state index in [0.717, 1.165) is 5.69 Å². The zero-order chi connectivity index (χ0) is 15.3. The fourth-order valence-corrected chi connectivity index (χ4v) is 3.28. The lowest BCUT2D eigenvalue weighted by molar-refractivity contribution is -0.125. The molecule has 0 radical (unpaired) electrons. The Hall–Kier alpha value is -1.18. The van der Waals surface area contributed by atoms with Crippen LogP contribution in [0, 0.1) is 6.92 Å². The Morgan fingerprint density at radius 1 is 1.52 bits per heavy atom. The highest BCUT2D eigenvalue weighted by atomic mass is 32.1. The second-order valence-corrected chi connectivity index (χ2v) is 6.32. The van der Waals surface area contributed by atoms with Crippen LogP contribution in [-0.4, -0.2) is 40.9 Å². The Morgan fingerprint density at radius 3 is 2.81 bits per heavy atom. The summed E-state index contributed by atoms with van der Waals surface area (Å²) in [7, 11) is 0. The molecule has 1 saturated heterocycles. The van der Waals surface area contributed by atoms with Crippen LogP contribution in [0.5, 0.6) is 0 Å². The third-order valence-electron chi connectivity index (χ3n) is 3.92. The number of thiazole rings is 1. The molecule has 2 heterocycles. The minimum atomic E-state index is -0.537. The monoisotopic (exact) mass is 314 g/mol. The summed E-state index contributed by atoms with van der Waals surface area (Å²) in [6.07, 6.45) is 2.24. The van der Waals surface area contributed by atoms with Crippen molar-refractivity contribution < 1.29 is 14.6 Å². The van der Waals surface area contributed by atoms with Gasteiger partial charge < -0.3 is 19.7 Å². The highest BCUT2D eigenvalue weighted by Gasteiger charge is 2.33. The average Bonchev–Trinajstić information content (AvgIpc) is 2.80. The maximum Gasteiger partial charge on any atom is 0.307 e. The van der Waals surface area contributed by atoms with E-state index >= 15 is 0 Å². The fraction of sp³-hybridized carbons (Fsp3) is 0.714. The van der Waals surface area contributed by atoms with E-state index in [1.165, 1.54) is 11.3 Å². The normalized spacial score (nSPS) is 17.6. The van der Waals surface area contributed by atoms with Crippen LogP contribution < -0.4 is 10.2 Å². The first-order chi connectivity index (χ1) is 10.1. The van der Waals surface area contributed by atoms with E-state index in [9.17, 15) is 14.7 Å². The zero-order valence-electron chi connectivity index (χ0n) is 12.3. The number of nitrogens with zero attached hydrogens (tertiary/aromatic N) is 1. The predicted octanol–water partition coefficient (Wildman–Crippen LogP) is 0.656. The molecular formula is C14H22N2O4S. The van der Waals surface area contributed by atoms with Crippen molar-refractivity contribution in [3.63, 3.8) is 0 Å². The van der Waals surface area contributed by atoms with Crippen LogP contribution in [0.4, 0.5) is 0 Å². The van der Waals surface area contributed by atoms with Crippen LogP contribution in [0.3, 0.4) is 0 Å². The van der Waals surface area contributed by atoms with Crippen molar-refractivity contribution in [2.45, 2.75) is 44.7 Å². The van der Waals surface area contributed by atoms with Gasteiger partial charge in [-0.15, -0.1) is 0 Å². The second kappa shape index (κ2) is 7.20. The molecule has 0 atom stereocenters. The topological polar surface area (TPSA) is 80.6 Å². The number of amides is 1. The van der Waals surface area contributed by atoms with Gasteiger partial charge in [0, 0.05) is 37.3 Å². The van der Waals surface area contributed by atoms with Crippen molar-refractivity contribution in [1.82, 2.24) is 9.88 Å². The molecule has 2 rings (SSSR count). The highest BCUT2D eigenvalue weighted by molar-refractivity contribution is 7.07. The number of hydrogen-bond acceptors (Lipinski definition) is 5. The summed E-state index contributed by atoms with van der Waals surface area (Å²) in [4.78, 5) is 23.6. The quantitative estimate of drug-likeness (QED) is 0.808. The Labute approximate surface area is 127 Å². The average molecular weight is 314 g/mol. The molecule has 7 heteroatoms. The lowest BCUT2D eigenvalue weighted by Crippen LogP contribution is -2.54. The maximum absolute atomic E-state index is 12.0. The maximum atomic E-state index is 12.0. The number of rotatable bonds is 6. The largest absolute Gasteiger partial charge is 0.394 e. The summed E-state index contributed by atoms with van der Waals surface area (Å²) in [6, 6.07) is 0. The van der Waals surface area contributed by atoms with Crippen LogP contribution in [0.1, 0.15) is 31.4 Å². The van der Waals surface area contributed by atoms with Crippen LogP contribution in [0.15, 0.2) is 10.2 Å². The first kappa shape index (κ1) is 16.2. The van der Waals surface area contributed by atoms with E-state index in [0.29, 0.717) is 45.4 Å². The first-order valence-electron chi connectivity index (χ1n) is 7.21. The van der Waals surface area contributed by atoms with Gasteiger partial charge in [0.2, 0.25) is 5.91 Å². The number of aliphatic hydroxyl groups excluding tert-OH is 1. The van der Waals surface area contributed by atoms with Crippen molar-refractivity contribution in [2.24, 2.45) is 0 Å². The molecule has 21 heavy (non-hydrogen) atoms. The van der Waals surface area contributed by atoms with E-state index in [1.807, 2.05) is 12.3 Å². The zero-order valence-corrected chi connectivity index (χ0v) is 13.1. The second-order valence-electron chi connectivity index (χ2n) is 5.50. The van der Waals surface area contributed by atoms with Crippen molar-refractivity contribution in [1.29, 1.82) is 0 Å². The van der Waals surface area contributed by atoms with Gasteiger partial charge in [0.25, 0.3) is 0 Å². The number of hydrogen-bond donors (Lipinski definition) is 2. The minimum Gasteiger partial charge on any atom is -0.394 e. The number of aliphatic hydroxyl groups is 1. The van der Waals surface area contributed by atoms with Crippen LogP contribution in [-0.2, 0) is 16.1 Å². The molecule has 0 spiro atoms. The molecule has 1 amide bonds. The van der Waals surface area contributed by atoms with Gasteiger partial charge in [-0.25, -0.2) is 0 Å². The van der Waals surface area contributed by atoms with Crippen molar-refractivity contribution >= 4 is 17.2 Å². The molecule has 2 N–H and O–H groups in total. The molecule has 0 aliphatic carbocycles. The highest BCUT2D eigenvalue weighted by Crippen LogP contribution is 2.20. The minimum absolute atomic E-state index is 0.0177. The molecule has 1 fully saturated rings. The van der Waals surface area contributed by atoms with Crippen LogP contribution in [0.25, 0.3) is 0 Å². The van der Waals surface area contributed by atoms with E-state index in [4.69, 9.17) is 4.74 Å². The summed E-state index contributed by atoms with van der Waals surface area (Å²) >= 11 is 1.18. The third kappa shape index (κ3) is 4.15. The van der Waals surface area contributed by atoms with Crippen LogP contribution >= 0.6 is 11.3 Å². The number of aromatic nitrogens is 1. The first-order valence-corrected chi connectivity index (χ1v) is 8.09. The SMILES string of the molecule is Cc1csc(=O)n1CCCC(=O)NC1(CO)CCOCC1. The fourth-order valence-electron chi connectivity index (χ4n) is 2.52. The smallest absolute Gasteiger partial charge is 0.307 e. The number of carbonyl (C=O) groups excluding carboxylic acids is 1. The van der Waals surface area contributed by atoms with Crippen LogP contribution in [0.2, 0.25) is 0 Å². The van der Waals surface area contributed by atoms with Crippen molar-refractivity contribution in [2.75, 3.05) is 19.8 Å². The lowest BCUT2D eigenvalue weighted by atomic mass is 9.91. The van der Waals surface area contributed by atoms with Gasteiger partial charge in [-0.2, -0.15) is 0 Å². The molecule has 118 valence electrons. The van der Waals surface area contributed by atoms with Gasteiger partial charge in [0.05, 0.1) is 12.1 Å². The van der Waals surface area contributed by atoms with Gasteiger partial charge in [-0.05, 0) is 26.2 Å². The molecule has 1 aromatic heterocycles. The summed E-state index contributed by atoms with van der Waals surface area (Å²) in [5.41, 5.74) is 0.395. The van der Waals surface area contributed by atoms with Crippen molar-refractivity contribution in [3.8, 4) is 0 Å². The lowest BCUT2D eigenvalue weighted by Gasteiger charge is -2.36. The van der Waals surface area contributed by atoms with E-state index in [2.05, 4.69) is 5.32 Å². The summed E-state index contributed by atoms with van der Waals surface area (Å²) < 4.78 is 6.95. The van der Waals surface area contributed by atoms with E-state index in [1.54, 1.807) is 4.57 Å². The molecular weight excluding hydrogens is 292 g/mol. The van der Waals surface area contributed by atoms with Gasteiger partial charge in [0.15, 0.2) is 0 Å². The third-order valence-corrected chi connectivity index (χ3v) is 4.80. The Kier molecular flexibility index (Phi) is 5.55. The molecule has 0 bridgehead atoms. The molecule has 0 aromatic carbocycles. The number of aryl methyl sites for hydroxylation is 1. The van der Waals surface area contributed by atoms with Gasteiger partial charge in [0.1, 0.15) is 0 Å². The molecule has 1 aromatic rings. The Morgan fingerprint density at radius 2 is 2.24 bits per heavy atom. The van der Waals surface area contributed by atoms with Gasteiger partial charge in [-0.1, -0.05) is 11.3 Å².